The highest BCUT2D eigenvalue weighted by molar-refractivity contribution is 6.36. The minimum atomic E-state index is -0.470. The van der Waals surface area contributed by atoms with Gasteiger partial charge in [0, 0.05) is 21.2 Å². The quantitative estimate of drug-likeness (QED) is 0.532. The van der Waals surface area contributed by atoms with Crippen molar-refractivity contribution < 1.29 is 9.59 Å². The van der Waals surface area contributed by atoms with Gasteiger partial charge in [-0.15, -0.1) is 0 Å². The standard InChI is InChI=1S/C20H12Cl3NO2/c21-13-6-8-17(23)15(10-13)20(26)24-18-9-7-14(22)11-16(18)19(25)12-4-2-1-3-5-12/h1-11H,(H,24,26). The molecule has 3 nitrogen and oxygen atoms in total. The van der Waals surface area contributed by atoms with Crippen LogP contribution in [0.15, 0.2) is 66.7 Å². The molecule has 6 heteroatoms. The van der Waals surface area contributed by atoms with E-state index in [0.29, 0.717) is 21.3 Å². The van der Waals surface area contributed by atoms with Gasteiger partial charge < -0.3 is 5.32 Å². The van der Waals surface area contributed by atoms with Crippen LogP contribution in [0.25, 0.3) is 0 Å². The highest BCUT2D eigenvalue weighted by atomic mass is 35.5. The topological polar surface area (TPSA) is 46.2 Å². The van der Waals surface area contributed by atoms with Crippen LogP contribution in [0.4, 0.5) is 5.69 Å². The molecule has 0 fully saturated rings. The summed E-state index contributed by atoms with van der Waals surface area (Å²) in [5, 5.41) is 3.75. The predicted octanol–water partition coefficient (Wildman–Crippen LogP) is 6.13. The minimum Gasteiger partial charge on any atom is -0.321 e. The Morgan fingerprint density at radius 3 is 2.04 bits per heavy atom. The number of rotatable bonds is 4. The number of carbonyl (C=O) groups excluding carboxylic acids is 2. The van der Waals surface area contributed by atoms with E-state index in [9.17, 15) is 9.59 Å². The van der Waals surface area contributed by atoms with Crippen molar-refractivity contribution in [1.82, 2.24) is 0 Å². The van der Waals surface area contributed by atoms with Crippen LogP contribution < -0.4 is 5.32 Å². The van der Waals surface area contributed by atoms with E-state index in [2.05, 4.69) is 5.32 Å². The molecule has 0 aliphatic heterocycles. The van der Waals surface area contributed by atoms with Crippen LogP contribution in [0.2, 0.25) is 15.1 Å². The van der Waals surface area contributed by atoms with Gasteiger partial charge in [0.25, 0.3) is 5.91 Å². The Bertz CT molecular complexity index is 988. The third-order valence-electron chi connectivity index (χ3n) is 3.68. The molecule has 0 unspecified atom stereocenters. The second-order valence-electron chi connectivity index (χ2n) is 5.46. The molecular formula is C20H12Cl3NO2. The Balaban J connectivity index is 1.97. The molecule has 130 valence electrons. The Hall–Kier alpha value is -2.33. The Morgan fingerprint density at radius 1 is 0.731 bits per heavy atom. The summed E-state index contributed by atoms with van der Waals surface area (Å²) in [5.74, 6) is -0.720. The molecule has 3 rings (SSSR count). The normalized spacial score (nSPS) is 10.4. The lowest BCUT2D eigenvalue weighted by molar-refractivity contribution is 0.102. The van der Waals surface area contributed by atoms with Gasteiger partial charge in [0.15, 0.2) is 5.78 Å². The van der Waals surface area contributed by atoms with Gasteiger partial charge in [0.05, 0.1) is 16.3 Å². The maximum absolute atomic E-state index is 12.8. The van der Waals surface area contributed by atoms with Crippen LogP contribution in [0, 0.1) is 0 Å². The number of benzene rings is 3. The van der Waals surface area contributed by atoms with Crippen molar-refractivity contribution in [2.45, 2.75) is 0 Å². The zero-order valence-corrected chi connectivity index (χ0v) is 15.6. The number of halogens is 3. The zero-order valence-electron chi connectivity index (χ0n) is 13.3. The van der Waals surface area contributed by atoms with E-state index in [0.717, 1.165) is 0 Å². The van der Waals surface area contributed by atoms with Gasteiger partial charge in [-0.05, 0) is 36.4 Å². The molecule has 0 saturated heterocycles. The number of ketones is 1. The van der Waals surface area contributed by atoms with Crippen molar-refractivity contribution in [2.24, 2.45) is 0 Å². The van der Waals surface area contributed by atoms with Crippen LogP contribution >= 0.6 is 34.8 Å². The van der Waals surface area contributed by atoms with Gasteiger partial charge in [0.1, 0.15) is 0 Å². The van der Waals surface area contributed by atoms with Crippen LogP contribution in [-0.4, -0.2) is 11.7 Å². The smallest absolute Gasteiger partial charge is 0.257 e. The average molecular weight is 405 g/mol. The van der Waals surface area contributed by atoms with Crippen molar-refractivity contribution in [3.05, 3.63) is 98.5 Å². The van der Waals surface area contributed by atoms with E-state index < -0.39 is 5.91 Å². The molecule has 0 atom stereocenters. The lowest BCUT2D eigenvalue weighted by Crippen LogP contribution is -2.15. The molecule has 0 aliphatic rings. The molecule has 0 aliphatic carbocycles. The summed E-state index contributed by atoms with van der Waals surface area (Å²) in [4.78, 5) is 25.4. The lowest BCUT2D eigenvalue weighted by atomic mass is 10.0. The summed E-state index contributed by atoms with van der Waals surface area (Å²) in [5.41, 5.74) is 1.33. The first-order chi connectivity index (χ1) is 12.5. The summed E-state index contributed by atoms with van der Waals surface area (Å²) in [6.07, 6.45) is 0. The number of amides is 1. The van der Waals surface area contributed by atoms with Crippen LogP contribution in [0.5, 0.6) is 0 Å². The summed E-state index contributed by atoms with van der Waals surface area (Å²) >= 11 is 18.1. The second-order valence-corrected chi connectivity index (χ2v) is 6.74. The fourth-order valence-electron chi connectivity index (χ4n) is 2.42. The van der Waals surface area contributed by atoms with Crippen molar-refractivity contribution in [1.29, 1.82) is 0 Å². The Kier molecular flexibility index (Phi) is 5.62. The van der Waals surface area contributed by atoms with E-state index in [1.807, 2.05) is 6.07 Å². The van der Waals surface area contributed by atoms with Crippen molar-refractivity contribution in [3.63, 3.8) is 0 Å². The molecule has 3 aromatic carbocycles. The lowest BCUT2D eigenvalue weighted by Gasteiger charge is -2.12. The predicted molar refractivity (Wildman–Crippen MR) is 106 cm³/mol. The fraction of sp³-hybridized carbons (Fsp3) is 0. The van der Waals surface area contributed by atoms with Gasteiger partial charge in [-0.2, -0.15) is 0 Å². The van der Waals surface area contributed by atoms with Gasteiger partial charge in [0.2, 0.25) is 0 Å². The molecule has 0 saturated carbocycles. The molecule has 26 heavy (non-hydrogen) atoms. The summed E-state index contributed by atoms with van der Waals surface area (Å²) in [7, 11) is 0. The Labute approximate surface area is 165 Å². The first-order valence-electron chi connectivity index (χ1n) is 7.61. The maximum atomic E-state index is 12.8. The third-order valence-corrected chi connectivity index (χ3v) is 4.48. The molecule has 1 N–H and O–H groups in total. The minimum absolute atomic E-state index is 0.215. The monoisotopic (exact) mass is 403 g/mol. The third kappa shape index (κ3) is 4.07. The number of hydrogen-bond donors (Lipinski definition) is 1. The molecule has 0 aromatic heterocycles. The molecular weight excluding hydrogens is 393 g/mol. The highest BCUT2D eigenvalue weighted by Gasteiger charge is 2.18. The van der Waals surface area contributed by atoms with Gasteiger partial charge in [-0.3, -0.25) is 9.59 Å². The van der Waals surface area contributed by atoms with Gasteiger partial charge in [-0.1, -0.05) is 65.1 Å². The van der Waals surface area contributed by atoms with E-state index >= 15 is 0 Å². The van der Waals surface area contributed by atoms with Gasteiger partial charge in [-0.25, -0.2) is 0 Å². The molecule has 0 radical (unpaired) electrons. The largest absolute Gasteiger partial charge is 0.321 e. The number of anilines is 1. The SMILES string of the molecule is O=C(Nc1ccc(Cl)cc1C(=O)c1ccccc1)c1cc(Cl)ccc1Cl. The summed E-state index contributed by atoms with van der Waals surface area (Å²) in [6.45, 7) is 0. The van der Waals surface area contributed by atoms with Crippen molar-refractivity contribution >= 4 is 52.2 Å². The second kappa shape index (κ2) is 7.92. The highest BCUT2D eigenvalue weighted by Crippen LogP contribution is 2.26. The van der Waals surface area contributed by atoms with Crippen LogP contribution in [0.1, 0.15) is 26.3 Å². The van der Waals surface area contributed by atoms with E-state index in [-0.39, 0.29) is 21.9 Å². The Morgan fingerprint density at radius 2 is 1.35 bits per heavy atom. The van der Waals surface area contributed by atoms with E-state index in [4.69, 9.17) is 34.8 Å². The molecule has 3 aromatic rings. The van der Waals surface area contributed by atoms with Crippen LogP contribution in [-0.2, 0) is 0 Å². The fourth-order valence-corrected chi connectivity index (χ4v) is 2.97. The summed E-state index contributed by atoms with van der Waals surface area (Å²) < 4.78 is 0. The number of carbonyl (C=O) groups is 2. The average Bonchev–Trinajstić information content (AvgIpc) is 2.65. The van der Waals surface area contributed by atoms with Crippen molar-refractivity contribution in [3.8, 4) is 0 Å². The molecule has 0 heterocycles. The molecule has 0 bridgehead atoms. The van der Waals surface area contributed by atoms with E-state index in [1.54, 1.807) is 42.5 Å². The zero-order chi connectivity index (χ0) is 18.7. The maximum Gasteiger partial charge on any atom is 0.257 e. The first-order valence-corrected chi connectivity index (χ1v) is 8.75. The summed E-state index contributed by atoms with van der Waals surface area (Å²) in [6, 6.07) is 18.0. The van der Waals surface area contributed by atoms with Crippen molar-refractivity contribution in [2.75, 3.05) is 5.32 Å². The molecule has 0 spiro atoms. The number of hydrogen-bond acceptors (Lipinski definition) is 2. The molecule has 1 amide bonds. The van der Waals surface area contributed by atoms with Crippen LogP contribution in [0.3, 0.4) is 0 Å². The van der Waals surface area contributed by atoms with Gasteiger partial charge >= 0.3 is 0 Å². The number of nitrogens with one attached hydrogen (secondary N) is 1. The van der Waals surface area contributed by atoms with E-state index in [1.165, 1.54) is 18.2 Å². The first kappa shape index (κ1) is 18.5.